The van der Waals surface area contributed by atoms with E-state index in [4.69, 9.17) is 9.47 Å². The number of ether oxygens (including phenoxy) is 2. The zero-order valence-corrected chi connectivity index (χ0v) is 16.7. The van der Waals surface area contributed by atoms with Crippen molar-refractivity contribution in [3.05, 3.63) is 53.6 Å². The fraction of sp³-hybridized carbons (Fsp3) is 0.409. The van der Waals surface area contributed by atoms with Crippen LogP contribution in [0.3, 0.4) is 0 Å². The summed E-state index contributed by atoms with van der Waals surface area (Å²) < 4.78 is 11.2. The highest BCUT2D eigenvalue weighted by molar-refractivity contribution is 5.95. The van der Waals surface area contributed by atoms with E-state index in [1.807, 2.05) is 42.5 Å². The molecule has 0 spiro atoms. The Morgan fingerprint density at radius 1 is 1.11 bits per heavy atom. The lowest BCUT2D eigenvalue weighted by Gasteiger charge is -2.13. The van der Waals surface area contributed by atoms with Gasteiger partial charge in [0.2, 0.25) is 0 Å². The van der Waals surface area contributed by atoms with Gasteiger partial charge in [-0.05, 0) is 56.2 Å². The first-order chi connectivity index (χ1) is 13.0. The molecular weight excluding hydrogens is 340 g/mol. The molecule has 1 amide bonds. The van der Waals surface area contributed by atoms with Gasteiger partial charge in [0, 0.05) is 23.8 Å². The molecule has 0 bridgehead atoms. The minimum Gasteiger partial charge on any atom is -0.493 e. The van der Waals surface area contributed by atoms with E-state index in [2.05, 4.69) is 31.4 Å². The third-order valence-corrected chi connectivity index (χ3v) is 4.02. The molecule has 146 valence electrons. The number of methoxy groups -OCH3 is 1. The SMILES string of the molecule is CCCCOc1ccc(CNC(=O)c2cccc(NC(C)C)c2)cc1OC. The summed E-state index contributed by atoms with van der Waals surface area (Å²) >= 11 is 0. The van der Waals surface area contributed by atoms with Gasteiger partial charge in [0.25, 0.3) is 5.91 Å². The molecule has 0 aliphatic heterocycles. The monoisotopic (exact) mass is 370 g/mol. The lowest BCUT2D eigenvalue weighted by Crippen LogP contribution is -2.23. The maximum Gasteiger partial charge on any atom is 0.251 e. The van der Waals surface area contributed by atoms with Gasteiger partial charge in [-0.2, -0.15) is 0 Å². The van der Waals surface area contributed by atoms with Crippen molar-refractivity contribution in [3.63, 3.8) is 0 Å². The Bertz CT molecular complexity index is 744. The predicted molar refractivity (Wildman–Crippen MR) is 110 cm³/mol. The van der Waals surface area contributed by atoms with Gasteiger partial charge in [-0.1, -0.05) is 25.5 Å². The third-order valence-electron chi connectivity index (χ3n) is 4.02. The molecule has 0 unspecified atom stereocenters. The summed E-state index contributed by atoms with van der Waals surface area (Å²) in [5.74, 6) is 1.30. The first-order valence-electron chi connectivity index (χ1n) is 9.48. The Balaban J connectivity index is 1.98. The van der Waals surface area contributed by atoms with Gasteiger partial charge < -0.3 is 20.1 Å². The lowest BCUT2D eigenvalue weighted by molar-refractivity contribution is 0.0951. The summed E-state index contributed by atoms with van der Waals surface area (Å²) in [4.78, 5) is 12.5. The van der Waals surface area contributed by atoms with Gasteiger partial charge in [-0.15, -0.1) is 0 Å². The van der Waals surface area contributed by atoms with Crippen LogP contribution in [-0.2, 0) is 6.54 Å². The minimum atomic E-state index is -0.107. The molecule has 0 radical (unpaired) electrons. The van der Waals surface area contributed by atoms with E-state index in [0.717, 1.165) is 29.8 Å². The molecule has 2 aromatic carbocycles. The largest absolute Gasteiger partial charge is 0.493 e. The van der Waals surface area contributed by atoms with Gasteiger partial charge in [-0.25, -0.2) is 0 Å². The van der Waals surface area contributed by atoms with Gasteiger partial charge in [-0.3, -0.25) is 4.79 Å². The zero-order chi connectivity index (χ0) is 19.6. The molecule has 0 heterocycles. The van der Waals surface area contributed by atoms with Gasteiger partial charge in [0.15, 0.2) is 11.5 Å². The summed E-state index contributed by atoms with van der Waals surface area (Å²) in [5.41, 5.74) is 2.53. The Morgan fingerprint density at radius 3 is 2.63 bits per heavy atom. The van der Waals surface area contributed by atoms with Crippen molar-refractivity contribution in [2.75, 3.05) is 19.0 Å². The summed E-state index contributed by atoms with van der Waals surface area (Å²) in [6.07, 6.45) is 2.09. The number of rotatable bonds is 10. The second-order valence-corrected chi connectivity index (χ2v) is 6.75. The molecule has 2 N–H and O–H groups in total. The molecule has 2 aromatic rings. The van der Waals surface area contributed by atoms with E-state index >= 15 is 0 Å². The highest BCUT2D eigenvalue weighted by Crippen LogP contribution is 2.28. The topological polar surface area (TPSA) is 59.6 Å². The second-order valence-electron chi connectivity index (χ2n) is 6.75. The van der Waals surface area contributed by atoms with E-state index in [-0.39, 0.29) is 5.91 Å². The van der Waals surface area contributed by atoms with Crippen molar-refractivity contribution >= 4 is 11.6 Å². The zero-order valence-electron chi connectivity index (χ0n) is 16.7. The van der Waals surface area contributed by atoms with Crippen LogP contribution in [0.4, 0.5) is 5.69 Å². The van der Waals surface area contributed by atoms with Crippen LogP contribution >= 0.6 is 0 Å². The molecular formula is C22H30N2O3. The number of carbonyl (C=O) groups is 1. The predicted octanol–water partition coefficient (Wildman–Crippen LogP) is 4.62. The second kappa shape index (κ2) is 10.5. The standard InChI is InChI=1S/C22H30N2O3/c1-5-6-12-27-20-11-10-17(13-21(20)26-4)15-23-22(25)18-8-7-9-19(14-18)24-16(2)3/h7-11,13-14,16,24H,5-6,12,15H2,1-4H3,(H,23,25). The lowest BCUT2D eigenvalue weighted by atomic mass is 10.1. The maximum absolute atomic E-state index is 12.5. The normalized spacial score (nSPS) is 10.6. The Hall–Kier alpha value is -2.69. The molecule has 0 atom stereocenters. The third kappa shape index (κ3) is 6.51. The highest BCUT2D eigenvalue weighted by Gasteiger charge is 2.09. The molecule has 27 heavy (non-hydrogen) atoms. The molecule has 5 nitrogen and oxygen atoms in total. The van der Waals surface area contributed by atoms with Crippen molar-refractivity contribution in [1.29, 1.82) is 0 Å². The Morgan fingerprint density at radius 2 is 1.93 bits per heavy atom. The van der Waals surface area contributed by atoms with Crippen LogP contribution in [0.2, 0.25) is 0 Å². The first-order valence-corrected chi connectivity index (χ1v) is 9.48. The fourth-order valence-corrected chi connectivity index (χ4v) is 2.64. The Kier molecular flexibility index (Phi) is 7.99. The van der Waals surface area contributed by atoms with Crippen LogP contribution in [0, 0.1) is 0 Å². The summed E-state index contributed by atoms with van der Waals surface area (Å²) in [6, 6.07) is 13.6. The van der Waals surface area contributed by atoms with Crippen LogP contribution in [0.25, 0.3) is 0 Å². The van der Waals surface area contributed by atoms with E-state index in [9.17, 15) is 4.79 Å². The number of nitrogens with one attached hydrogen (secondary N) is 2. The van der Waals surface area contributed by atoms with E-state index in [0.29, 0.717) is 30.5 Å². The van der Waals surface area contributed by atoms with Crippen molar-refractivity contribution in [1.82, 2.24) is 5.32 Å². The van der Waals surface area contributed by atoms with Gasteiger partial charge in [0.05, 0.1) is 13.7 Å². The number of unbranched alkanes of at least 4 members (excludes halogenated alkanes) is 1. The van der Waals surface area contributed by atoms with Crippen LogP contribution < -0.4 is 20.1 Å². The molecule has 2 rings (SSSR count). The maximum atomic E-state index is 12.5. The highest BCUT2D eigenvalue weighted by atomic mass is 16.5. The molecule has 0 fully saturated rings. The fourth-order valence-electron chi connectivity index (χ4n) is 2.64. The van der Waals surface area contributed by atoms with Crippen LogP contribution in [0.1, 0.15) is 49.5 Å². The number of anilines is 1. The van der Waals surface area contributed by atoms with Crippen LogP contribution in [0.5, 0.6) is 11.5 Å². The number of amides is 1. The average molecular weight is 370 g/mol. The van der Waals surface area contributed by atoms with E-state index < -0.39 is 0 Å². The molecule has 5 heteroatoms. The van der Waals surface area contributed by atoms with E-state index in [1.54, 1.807) is 7.11 Å². The van der Waals surface area contributed by atoms with Crippen molar-refractivity contribution in [3.8, 4) is 11.5 Å². The van der Waals surface area contributed by atoms with Crippen LogP contribution in [0.15, 0.2) is 42.5 Å². The van der Waals surface area contributed by atoms with Gasteiger partial charge in [0.1, 0.15) is 0 Å². The summed E-state index contributed by atoms with van der Waals surface area (Å²) in [5, 5.41) is 6.26. The summed E-state index contributed by atoms with van der Waals surface area (Å²) in [6.45, 7) is 7.35. The molecule has 0 saturated heterocycles. The van der Waals surface area contributed by atoms with Crippen molar-refractivity contribution < 1.29 is 14.3 Å². The number of carbonyl (C=O) groups excluding carboxylic acids is 1. The summed E-state index contributed by atoms with van der Waals surface area (Å²) in [7, 11) is 1.62. The molecule has 0 aliphatic rings. The van der Waals surface area contributed by atoms with Gasteiger partial charge >= 0.3 is 0 Å². The number of hydrogen-bond acceptors (Lipinski definition) is 4. The Labute approximate surface area is 162 Å². The molecule has 0 aliphatic carbocycles. The van der Waals surface area contributed by atoms with Crippen molar-refractivity contribution in [2.24, 2.45) is 0 Å². The van der Waals surface area contributed by atoms with Crippen molar-refractivity contribution in [2.45, 2.75) is 46.2 Å². The van der Waals surface area contributed by atoms with E-state index in [1.165, 1.54) is 0 Å². The number of hydrogen-bond donors (Lipinski definition) is 2. The first kappa shape index (κ1) is 20.6. The smallest absolute Gasteiger partial charge is 0.251 e. The minimum absolute atomic E-state index is 0.107. The van der Waals surface area contributed by atoms with Crippen LogP contribution in [-0.4, -0.2) is 25.7 Å². The number of benzene rings is 2. The molecule has 0 saturated carbocycles. The molecule has 0 aromatic heterocycles. The quantitative estimate of drug-likeness (QED) is 0.599. The average Bonchev–Trinajstić information content (AvgIpc) is 2.66.